The van der Waals surface area contributed by atoms with Crippen molar-refractivity contribution >= 4 is 33.2 Å². The van der Waals surface area contributed by atoms with Gasteiger partial charge in [-0.05, 0) is 37.0 Å². The fourth-order valence-electron chi connectivity index (χ4n) is 2.04. The molecule has 3 N–H and O–H groups in total. The standard InChI is InChI=1S/C12H18ClN3O2S/c1-9-4-6-16(7-5-9)19(17,18)15-12-3-2-10(14)8-11(12)13/h2-3,8-9,15H,4-7,14H2,1H3. The predicted octanol–water partition coefficient (Wildman–Crippen LogP) is 2.31. The molecule has 0 aromatic heterocycles. The zero-order valence-corrected chi connectivity index (χ0v) is 12.3. The number of nitrogen functional groups attached to an aromatic ring is 1. The number of halogens is 1. The minimum atomic E-state index is -3.54. The summed E-state index contributed by atoms with van der Waals surface area (Å²) in [7, 11) is -3.54. The van der Waals surface area contributed by atoms with Crippen molar-refractivity contribution in [3.63, 3.8) is 0 Å². The first-order valence-corrected chi connectivity index (χ1v) is 8.03. The van der Waals surface area contributed by atoms with Crippen molar-refractivity contribution in [1.82, 2.24) is 4.31 Å². The van der Waals surface area contributed by atoms with Gasteiger partial charge in [-0.1, -0.05) is 18.5 Å². The maximum atomic E-state index is 12.2. The van der Waals surface area contributed by atoms with E-state index < -0.39 is 10.2 Å². The first-order valence-electron chi connectivity index (χ1n) is 6.21. The molecule has 0 unspecified atom stereocenters. The van der Waals surface area contributed by atoms with Crippen LogP contribution in [-0.4, -0.2) is 25.8 Å². The molecule has 7 heteroatoms. The number of nitrogens with zero attached hydrogens (tertiary/aromatic N) is 1. The molecule has 2 rings (SSSR count). The van der Waals surface area contributed by atoms with Crippen molar-refractivity contribution in [3.8, 4) is 0 Å². The van der Waals surface area contributed by atoms with Gasteiger partial charge in [0.25, 0.3) is 0 Å². The summed E-state index contributed by atoms with van der Waals surface area (Å²) < 4.78 is 28.4. The average Bonchev–Trinajstić information content (AvgIpc) is 2.33. The molecule has 0 radical (unpaired) electrons. The van der Waals surface area contributed by atoms with Gasteiger partial charge in [0, 0.05) is 18.8 Å². The van der Waals surface area contributed by atoms with Gasteiger partial charge >= 0.3 is 10.2 Å². The molecule has 5 nitrogen and oxygen atoms in total. The van der Waals surface area contributed by atoms with E-state index in [1.807, 2.05) is 0 Å². The van der Waals surface area contributed by atoms with Crippen LogP contribution in [-0.2, 0) is 10.2 Å². The molecule has 0 aliphatic carbocycles. The van der Waals surface area contributed by atoms with Crippen LogP contribution in [0.25, 0.3) is 0 Å². The van der Waals surface area contributed by atoms with E-state index in [1.54, 1.807) is 12.1 Å². The number of piperidine rings is 1. The number of hydrogen-bond donors (Lipinski definition) is 2. The van der Waals surface area contributed by atoms with E-state index in [2.05, 4.69) is 11.6 Å². The third-order valence-electron chi connectivity index (χ3n) is 3.31. The Morgan fingerprint density at radius 3 is 2.58 bits per heavy atom. The van der Waals surface area contributed by atoms with Crippen LogP contribution in [0.2, 0.25) is 5.02 Å². The van der Waals surface area contributed by atoms with Crippen LogP contribution >= 0.6 is 11.6 Å². The van der Waals surface area contributed by atoms with Gasteiger partial charge in [0.2, 0.25) is 0 Å². The van der Waals surface area contributed by atoms with E-state index in [0.717, 1.165) is 12.8 Å². The van der Waals surface area contributed by atoms with Crippen molar-refractivity contribution in [3.05, 3.63) is 23.2 Å². The largest absolute Gasteiger partial charge is 0.399 e. The summed E-state index contributed by atoms with van der Waals surface area (Å²) in [5.74, 6) is 0.576. The zero-order valence-electron chi connectivity index (χ0n) is 10.8. The summed E-state index contributed by atoms with van der Waals surface area (Å²) in [5, 5.41) is 0.300. The van der Waals surface area contributed by atoms with Gasteiger partial charge in [-0.3, -0.25) is 4.72 Å². The van der Waals surface area contributed by atoms with Gasteiger partial charge in [-0.15, -0.1) is 0 Å². The van der Waals surface area contributed by atoms with E-state index >= 15 is 0 Å². The third kappa shape index (κ3) is 3.52. The monoisotopic (exact) mass is 303 g/mol. The van der Waals surface area contributed by atoms with E-state index in [0.29, 0.717) is 35.4 Å². The highest BCUT2D eigenvalue weighted by Gasteiger charge is 2.26. The van der Waals surface area contributed by atoms with Crippen molar-refractivity contribution in [2.45, 2.75) is 19.8 Å². The predicted molar refractivity (Wildman–Crippen MR) is 78.4 cm³/mol. The third-order valence-corrected chi connectivity index (χ3v) is 5.15. The smallest absolute Gasteiger partial charge is 0.301 e. The minimum absolute atomic E-state index is 0.300. The second-order valence-electron chi connectivity index (χ2n) is 4.93. The number of anilines is 2. The lowest BCUT2D eigenvalue weighted by molar-refractivity contribution is 0.289. The van der Waals surface area contributed by atoms with Crippen LogP contribution in [0.5, 0.6) is 0 Å². The molecule has 1 aliphatic rings. The van der Waals surface area contributed by atoms with Crippen LogP contribution in [0.15, 0.2) is 18.2 Å². The second kappa shape index (κ2) is 5.56. The summed E-state index contributed by atoms with van der Waals surface area (Å²) in [5.41, 5.74) is 6.43. The zero-order chi connectivity index (χ0) is 14.0. The molecule has 0 amide bonds. The Balaban J connectivity index is 2.12. The average molecular weight is 304 g/mol. The molecule has 1 aromatic rings. The molecule has 19 heavy (non-hydrogen) atoms. The fraction of sp³-hybridized carbons (Fsp3) is 0.500. The number of nitrogens with one attached hydrogen (secondary N) is 1. The van der Waals surface area contributed by atoms with Gasteiger partial charge in [0.05, 0.1) is 10.7 Å². The quantitative estimate of drug-likeness (QED) is 0.841. The summed E-state index contributed by atoms with van der Waals surface area (Å²) in [6.45, 7) is 3.22. The van der Waals surface area contributed by atoms with Crippen molar-refractivity contribution in [2.24, 2.45) is 5.92 Å². The van der Waals surface area contributed by atoms with Gasteiger partial charge < -0.3 is 5.73 Å². The fourth-order valence-corrected chi connectivity index (χ4v) is 3.61. The molecule has 0 saturated carbocycles. The Bertz CT molecular complexity index is 554. The highest BCUT2D eigenvalue weighted by Crippen LogP contribution is 2.26. The normalized spacial score (nSPS) is 18.4. The molecule has 1 heterocycles. The lowest BCUT2D eigenvalue weighted by Crippen LogP contribution is -2.41. The Hall–Kier alpha value is -0.980. The van der Waals surface area contributed by atoms with Gasteiger partial charge in [-0.25, -0.2) is 0 Å². The molecule has 1 saturated heterocycles. The minimum Gasteiger partial charge on any atom is -0.399 e. The first kappa shape index (κ1) is 14.4. The van der Waals surface area contributed by atoms with E-state index in [1.165, 1.54) is 10.4 Å². The highest BCUT2D eigenvalue weighted by atomic mass is 35.5. The SMILES string of the molecule is CC1CCN(S(=O)(=O)Nc2ccc(N)cc2Cl)CC1. The second-order valence-corrected chi connectivity index (χ2v) is 7.01. The van der Waals surface area contributed by atoms with Crippen molar-refractivity contribution in [2.75, 3.05) is 23.5 Å². The van der Waals surface area contributed by atoms with Crippen LogP contribution in [0, 0.1) is 5.92 Å². The number of nitrogens with two attached hydrogens (primary N) is 1. The van der Waals surface area contributed by atoms with Crippen molar-refractivity contribution < 1.29 is 8.42 Å². The van der Waals surface area contributed by atoms with Gasteiger partial charge in [0.15, 0.2) is 0 Å². The van der Waals surface area contributed by atoms with Crippen LogP contribution in [0.3, 0.4) is 0 Å². The molecular formula is C12H18ClN3O2S. The molecule has 0 atom stereocenters. The molecule has 1 fully saturated rings. The maximum Gasteiger partial charge on any atom is 0.301 e. The van der Waals surface area contributed by atoms with E-state index in [4.69, 9.17) is 17.3 Å². The van der Waals surface area contributed by atoms with Crippen LogP contribution < -0.4 is 10.5 Å². The molecule has 1 aromatic carbocycles. The number of rotatable bonds is 3. The Kier molecular flexibility index (Phi) is 4.23. The first-order chi connectivity index (χ1) is 8.88. The summed E-state index contributed by atoms with van der Waals surface area (Å²) in [6.07, 6.45) is 1.77. The molecule has 1 aliphatic heterocycles. The summed E-state index contributed by atoms with van der Waals surface area (Å²) >= 11 is 5.97. The highest BCUT2D eigenvalue weighted by molar-refractivity contribution is 7.90. The Labute approximate surface area is 118 Å². The number of benzene rings is 1. The summed E-state index contributed by atoms with van der Waals surface area (Å²) in [4.78, 5) is 0. The maximum absolute atomic E-state index is 12.2. The van der Waals surface area contributed by atoms with E-state index in [9.17, 15) is 8.42 Å². The Morgan fingerprint density at radius 2 is 2.00 bits per heavy atom. The lowest BCUT2D eigenvalue weighted by atomic mass is 10.0. The molecule has 106 valence electrons. The van der Waals surface area contributed by atoms with E-state index in [-0.39, 0.29) is 0 Å². The molecule has 0 spiro atoms. The molecular weight excluding hydrogens is 286 g/mol. The lowest BCUT2D eigenvalue weighted by Gasteiger charge is -2.29. The summed E-state index contributed by atoms with van der Waals surface area (Å²) in [6, 6.07) is 4.71. The topological polar surface area (TPSA) is 75.4 Å². The molecule has 0 bridgehead atoms. The van der Waals surface area contributed by atoms with Crippen LogP contribution in [0.1, 0.15) is 19.8 Å². The number of hydrogen-bond acceptors (Lipinski definition) is 3. The Morgan fingerprint density at radius 1 is 1.37 bits per heavy atom. The van der Waals surface area contributed by atoms with Gasteiger partial charge in [0.1, 0.15) is 0 Å². The van der Waals surface area contributed by atoms with Crippen molar-refractivity contribution in [1.29, 1.82) is 0 Å². The van der Waals surface area contributed by atoms with Crippen LogP contribution in [0.4, 0.5) is 11.4 Å². The van der Waals surface area contributed by atoms with Gasteiger partial charge in [-0.2, -0.15) is 12.7 Å².